The van der Waals surface area contributed by atoms with Gasteiger partial charge in [0.15, 0.2) is 0 Å². The van der Waals surface area contributed by atoms with Crippen molar-refractivity contribution in [3.05, 3.63) is 89.5 Å². The number of para-hydroxylation sites is 3. The Labute approximate surface area is 220 Å². The van der Waals surface area contributed by atoms with Crippen LogP contribution in [0.25, 0.3) is 0 Å². The van der Waals surface area contributed by atoms with Crippen molar-refractivity contribution < 1.29 is 13.6 Å². The highest BCUT2D eigenvalue weighted by atomic mass is 31.2. The number of unbranched alkanes of at least 4 members (excludes halogenated alkanes) is 1. The Bertz CT molecular complexity index is 913. The molecule has 4 rings (SSSR count). The van der Waals surface area contributed by atoms with Gasteiger partial charge in [0.1, 0.15) is 17.2 Å². The normalized spacial score (nSPS) is 12.9. The highest BCUT2D eigenvalue weighted by Gasteiger charge is 2.23. The fourth-order valence-electron chi connectivity index (χ4n) is 4.23. The maximum atomic E-state index is 6.26. The predicted octanol–water partition coefficient (Wildman–Crippen LogP) is 10.1. The fourth-order valence-corrected chi connectivity index (χ4v) is 5.35. The van der Waals surface area contributed by atoms with Crippen LogP contribution in [0.4, 0.5) is 0 Å². The Morgan fingerprint density at radius 3 is 1.31 bits per heavy atom. The molecule has 0 unspecified atom stereocenters. The minimum atomic E-state index is -1.66. The van der Waals surface area contributed by atoms with E-state index in [1.165, 1.54) is 38.5 Å². The number of hydrogen-bond donors (Lipinski definition) is 0. The van der Waals surface area contributed by atoms with Crippen molar-refractivity contribution >= 4 is 8.60 Å². The molecular weight excluding hydrogens is 463 g/mol. The Morgan fingerprint density at radius 2 is 1.00 bits per heavy atom. The lowest BCUT2D eigenvalue weighted by atomic mass is 9.82. The molecule has 3 aromatic rings. The quantitative estimate of drug-likeness (QED) is 0.229. The third-order valence-electron chi connectivity index (χ3n) is 6.77. The molecule has 0 aromatic heterocycles. The molecule has 0 heterocycles. The van der Waals surface area contributed by atoms with Crippen LogP contribution in [-0.2, 0) is 19.3 Å². The molecule has 0 bridgehead atoms. The van der Waals surface area contributed by atoms with Crippen LogP contribution in [0.5, 0.6) is 17.2 Å². The number of rotatable bonds is 12. The molecule has 0 radical (unpaired) electrons. The highest BCUT2D eigenvalue weighted by molar-refractivity contribution is 7.43. The molecule has 3 nitrogen and oxygen atoms in total. The summed E-state index contributed by atoms with van der Waals surface area (Å²) in [4.78, 5) is 0. The molecule has 0 saturated heterocycles. The van der Waals surface area contributed by atoms with Gasteiger partial charge < -0.3 is 13.6 Å². The van der Waals surface area contributed by atoms with Gasteiger partial charge in [0.25, 0.3) is 0 Å². The largest absolute Gasteiger partial charge is 0.530 e. The second-order valence-electron chi connectivity index (χ2n) is 9.32. The first-order valence-corrected chi connectivity index (χ1v) is 14.9. The Hall–Kier alpha value is -2.51. The van der Waals surface area contributed by atoms with E-state index in [-0.39, 0.29) is 0 Å². The van der Waals surface area contributed by atoms with Gasteiger partial charge in [0.2, 0.25) is 0 Å². The van der Waals surface area contributed by atoms with E-state index in [9.17, 15) is 0 Å². The zero-order chi connectivity index (χ0) is 25.6. The summed E-state index contributed by atoms with van der Waals surface area (Å²) in [6, 6.07) is 24.1. The maximum Gasteiger partial charge on any atom is 0.530 e. The summed E-state index contributed by atoms with van der Waals surface area (Å²) >= 11 is 0. The van der Waals surface area contributed by atoms with E-state index in [1.54, 1.807) is 0 Å². The third-order valence-corrected chi connectivity index (χ3v) is 7.81. The predicted molar refractivity (Wildman–Crippen MR) is 153 cm³/mol. The number of aryl methyl sites for hydroxylation is 3. The smallest absolute Gasteiger partial charge is 0.408 e. The van der Waals surface area contributed by atoms with Crippen molar-refractivity contribution in [1.29, 1.82) is 0 Å². The Kier molecular flexibility index (Phi) is 12.1. The summed E-state index contributed by atoms with van der Waals surface area (Å²) in [5.41, 5.74) is 3.40. The highest BCUT2D eigenvalue weighted by Crippen LogP contribution is 2.45. The van der Waals surface area contributed by atoms with Crippen molar-refractivity contribution in [1.82, 2.24) is 0 Å². The van der Waals surface area contributed by atoms with Gasteiger partial charge in [-0.05, 0) is 60.1 Å². The average Bonchev–Trinajstić information content (AvgIpc) is 2.89. The molecular formula is C32H43O3P. The molecule has 1 aliphatic carbocycles. The van der Waals surface area contributed by atoms with Crippen LogP contribution in [0, 0.1) is 5.92 Å². The van der Waals surface area contributed by atoms with E-state index in [0.717, 1.165) is 59.1 Å². The minimum absolute atomic E-state index is 0.805. The molecule has 0 atom stereocenters. The fraction of sp³-hybridized carbons (Fsp3) is 0.438. The molecule has 0 aliphatic heterocycles. The van der Waals surface area contributed by atoms with Crippen molar-refractivity contribution in [3.8, 4) is 17.2 Å². The molecule has 0 N–H and O–H groups in total. The number of hydrogen-bond acceptors (Lipinski definition) is 3. The lowest BCUT2D eigenvalue weighted by molar-refractivity contribution is 0.289. The second-order valence-corrected chi connectivity index (χ2v) is 10.3. The summed E-state index contributed by atoms with van der Waals surface area (Å²) in [6.45, 7) is 8.62. The second kappa shape index (κ2) is 15.6. The zero-order valence-electron chi connectivity index (χ0n) is 22.5. The van der Waals surface area contributed by atoms with E-state index in [1.807, 2.05) is 54.6 Å². The molecule has 0 amide bonds. The first kappa shape index (κ1) is 28.1. The van der Waals surface area contributed by atoms with Crippen molar-refractivity contribution in [3.63, 3.8) is 0 Å². The van der Waals surface area contributed by atoms with E-state index >= 15 is 0 Å². The molecule has 1 saturated carbocycles. The molecule has 194 valence electrons. The van der Waals surface area contributed by atoms with Crippen LogP contribution in [-0.4, -0.2) is 0 Å². The van der Waals surface area contributed by atoms with Crippen LogP contribution >= 0.6 is 8.60 Å². The monoisotopic (exact) mass is 506 g/mol. The number of benzene rings is 3. The molecule has 3 aromatic carbocycles. The summed E-state index contributed by atoms with van der Waals surface area (Å²) in [5, 5.41) is 0. The SMILES string of the molecule is CCCCC1CCC1.CCc1ccccc1OP(Oc1ccccc1CC)Oc1ccccc1CC. The van der Waals surface area contributed by atoms with Gasteiger partial charge in [0, 0.05) is 0 Å². The molecule has 1 aliphatic rings. The zero-order valence-corrected chi connectivity index (χ0v) is 23.4. The Morgan fingerprint density at radius 1 is 0.611 bits per heavy atom. The van der Waals surface area contributed by atoms with Gasteiger partial charge in [-0.15, -0.1) is 0 Å². The van der Waals surface area contributed by atoms with E-state index in [2.05, 4.69) is 45.9 Å². The van der Waals surface area contributed by atoms with Crippen LogP contribution < -0.4 is 13.6 Å². The van der Waals surface area contributed by atoms with E-state index < -0.39 is 8.60 Å². The standard InChI is InChI=1S/C24H27O3P.C8H16/c1-4-19-13-7-10-16-22(19)25-28(26-23-17-11-8-14-20(23)5-2)27-24-18-12-9-15-21(24)6-3;1-2-3-5-8-6-4-7-8/h7-18H,4-6H2,1-3H3;8H,2-7H2,1H3. The van der Waals surface area contributed by atoms with Crippen molar-refractivity contribution in [2.24, 2.45) is 5.92 Å². The van der Waals surface area contributed by atoms with Crippen molar-refractivity contribution in [2.75, 3.05) is 0 Å². The van der Waals surface area contributed by atoms with Gasteiger partial charge >= 0.3 is 8.60 Å². The summed E-state index contributed by atoms with van der Waals surface area (Å²) in [5.74, 6) is 3.55. The topological polar surface area (TPSA) is 27.7 Å². The lowest BCUT2D eigenvalue weighted by Gasteiger charge is -2.24. The third kappa shape index (κ3) is 8.56. The molecule has 36 heavy (non-hydrogen) atoms. The molecule has 4 heteroatoms. The average molecular weight is 507 g/mol. The first-order chi connectivity index (χ1) is 17.7. The summed E-state index contributed by atoms with van der Waals surface area (Å²) < 4.78 is 18.8. The van der Waals surface area contributed by atoms with Crippen LogP contribution in [0.15, 0.2) is 72.8 Å². The van der Waals surface area contributed by atoms with Gasteiger partial charge in [-0.2, -0.15) is 0 Å². The molecule has 1 fully saturated rings. The van der Waals surface area contributed by atoms with E-state index in [4.69, 9.17) is 13.6 Å². The molecule has 0 spiro atoms. The van der Waals surface area contributed by atoms with Crippen molar-refractivity contribution in [2.45, 2.75) is 85.5 Å². The lowest BCUT2D eigenvalue weighted by Crippen LogP contribution is -2.09. The van der Waals surface area contributed by atoms with E-state index in [0.29, 0.717) is 0 Å². The first-order valence-electron chi connectivity index (χ1n) is 13.8. The van der Waals surface area contributed by atoms with Crippen LogP contribution in [0.2, 0.25) is 0 Å². The minimum Gasteiger partial charge on any atom is -0.408 e. The summed E-state index contributed by atoms with van der Waals surface area (Å²) in [7, 11) is -1.66. The van der Waals surface area contributed by atoms with Gasteiger partial charge in [0.05, 0.1) is 0 Å². The van der Waals surface area contributed by atoms with Gasteiger partial charge in [-0.25, -0.2) is 0 Å². The van der Waals surface area contributed by atoms with Crippen LogP contribution in [0.1, 0.15) is 82.9 Å². The summed E-state index contributed by atoms with van der Waals surface area (Å²) in [6.07, 6.45) is 11.6. The van der Waals surface area contributed by atoms with Gasteiger partial charge in [-0.1, -0.05) is 121 Å². The van der Waals surface area contributed by atoms with Gasteiger partial charge in [-0.3, -0.25) is 0 Å². The van der Waals surface area contributed by atoms with Crippen LogP contribution in [0.3, 0.4) is 0 Å². The maximum absolute atomic E-state index is 6.26. The Balaban J connectivity index is 0.000000383.